The van der Waals surface area contributed by atoms with E-state index in [-0.39, 0.29) is 24.0 Å². The van der Waals surface area contributed by atoms with Crippen LogP contribution in [0.25, 0.3) is 0 Å². The van der Waals surface area contributed by atoms with Gasteiger partial charge in [0.05, 0.1) is 13.7 Å². The number of benzene rings is 1. The van der Waals surface area contributed by atoms with Gasteiger partial charge in [0.1, 0.15) is 17.9 Å². The van der Waals surface area contributed by atoms with Crippen molar-refractivity contribution in [3.63, 3.8) is 0 Å². The van der Waals surface area contributed by atoms with Gasteiger partial charge in [-0.25, -0.2) is 0 Å². The molecule has 1 aliphatic heterocycles. The Morgan fingerprint density at radius 3 is 2.50 bits per heavy atom. The van der Waals surface area contributed by atoms with Crippen molar-refractivity contribution in [1.82, 2.24) is 25.0 Å². The lowest BCUT2D eigenvalue weighted by Gasteiger charge is -2.38. The highest BCUT2D eigenvalue weighted by Gasteiger charge is 2.23. The van der Waals surface area contributed by atoms with Crippen LogP contribution in [0, 0.1) is 0 Å². The third-order valence-corrected chi connectivity index (χ3v) is 6.32. The summed E-state index contributed by atoms with van der Waals surface area (Å²) in [6, 6.07) is 8.91. The monoisotopic (exact) mass is 553 g/mol. The molecular weight excluding hydrogens is 517 g/mol. The Bertz CT molecular complexity index is 840. The highest BCUT2D eigenvalue weighted by molar-refractivity contribution is 14.0. The van der Waals surface area contributed by atoms with E-state index < -0.39 is 0 Å². The molecular formula is C23H36IN7O. The molecule has 0 radical (unpaired) electrons. The zero-order valence-corrected chi connectivity index (χ0v) is 21.6. The smallest absolute Gasteiger partial charge is 0.194 e. The second-order valence-electron chi connectivity index (χ2n) is 8.30. The van der Waals surface area contributed by atoms with E-state index in [9.17, 15) is 0 Å². The maximum absolute atomic E-state index is 5.29. The van der Waals surface area contributed by atoms with Crippen LogP contribution in [0.15, 0.2) is 35.6 Å². The number of ether oxygens (including phenoxy) is 1. The molecule has 0 spiro atoms. The normalized spacial score (nSPS) is 17.4. The lowest BCUT2D eigenvalue weighted by atomic mass is 10.2. The van der Waals surface area contributed by atoms with Crippen LogP contribution in [0.3, 0.4) is 0 Å². The minimum atomic E-state index is 0. The van der Waals surface area contributed by atoms with Crippen LogP contribution in [0.1, 0.15) is 38.4 Å². The summed E-state index contributed by atoms with van der Waals surface area (Å²) in [5, 5.41) is 12.0. The average molecular weight is 553 g/mol. The van der Waals surface area contributed by atoms with Crippen LogP contribution in [0.2, 0.25) is 0 Å². The molecule has 2 aromatic rings. The Morgan fingerprint density at radius 2 is 1.84 bits per heavy atom. The first-order chi connectivity index (χ1) is 15.3. The highest BCUT2D eigenvalue weighted by Crippen LogP contribution is 2.21. The molecule has 0 atom stereocenters. The summed E-state index contributed by atoms with van der Waals surface area (Å²) in [5.41, 5.74) is 1.25. The largest absolute Gasteiger partial charge is 0.497 e. The molecule has 1 aromatic carbocycles. The Labute approximate surface area is 208 Å². The Kier molecular flexibility index (Phi) is 9.43. The minimum absolute atomic E-state index is 0. The maximum Gasteiger partial charge on any atom is 0.194 e. The minimum Gasteiger partial charge on any atom is -0.497 e. The first-order valence-electron chi connectivity index (χ1n) is 11.6. The van der Waals surface area contributed by atoms with Crippen LogP contribution < -0.4 is 15.0 Å². The SMILES string of the molecule is CCc1nncn1CCN=C(NC1CCCC1)N1CCN(c2ccc(OC)cc2)CC1.I. The van der Waals surface area contributed by atoms with Crippen molar-refractivity contribution in [3.8, 4) is 5.75 Å². The summed E-state index contributed by atoms with van der Waals surface area (Å²) in [5.74, 6) is 2.98. The first kappa shape index (κ1) is 24.6. The van der Waals surface area contributed by atoms with E-state index in [2.05, 4.69) is 48.9 Å². The van der Waals surface area contributed by atoms with E-state index >= 15 is 0 Å². The molecule has 2 fully saturated rings. The number of aliphatic imine (C=N–C) groups is 1. The molecule has 2 heterocycles. The fraction of sp³-hybridized carbons (Fsp3) is 0.609. The van der Waals surface area contributed by atoms with Crippen LogP contribution in [-0.2, 0) is 13.0 Å². The molecule has 0 unspecified atom stereocenters. The number of rotatable bonds is 7. The number of aromatic nitrogens is 3. The molecule has 2 aliphatic rings. The quantitative estimate of drug-likeness (QED) is 0.323. The number of anilines is 1. The standard InChI is InChI=1S/C23H35N7O.HI/c1-3-22-27-25-18-30(22)13-12-24-23(26-19-6-4-5-7-19)29-16-14-28(15-17-29)20-8-10-21(31-2)11-9-20;/h8-11,18-19H,3-7,12-17H2,1-2H3,(H,24,26);1H. The Morgan fingerprint density at radius 1 is 1.12 bits per heavy atom. The highest BCUT2D eigenvalue weighted by atomic mass is 127. The summed E-state index contributed by atoms with van der Waals surface area (Å²) >= 11 is 0. The number of hydrogen-bond acceptors (Lipinski definition) is 5. The number of piperazine rings is 1. The molecule has 0 amide bonds. The number of guanidine groups is 1. The van der Waals surface area contributed by atoms with E-state index in [0.29, 0.717) is 6.04 Å². The average Bonchev–Trinajstić information content (AvgIpc) is 3.50. The summed E-state index contributed by atoms with van der Waals surface area (Å²) in [6.07, 6.45) is 7.83. The van der Waals surface area contributed by atoms with Gasteiger partial charge in [-0.05, 0) is 37.1 Å². The van der Waals surface area contributed by atoms with E-state index in [0.717, 1.165) is 63.2 Å². The first-order valence-corrected chi connectivity index (χ1v) is 11.6. The van der Waals surface area contributed by atoms with Gasteiger partial charge in [0, 0.05) is 50.9 Å². The molecule has 4 rings (SSSR count). The molecule has 0 bridgehead atoms. The van der Waals surface area contributed by atoms with Crippen LogP contribution in [0.4, 0.5) is 5.69 Å². The van der Waals surface area contributed by atoms with Gasteiger partial charge in [-0.1, -0.05) is 19.8 Å². The number of nitrogens with one attached hydrogen (secondary N) is 1. The number of halogens is 1. The number of nitrogens with zero attached hydrogens (tertiary/aromatic N) is 6. The summed E-state index contributed by atoms with van der Waals surface area (Å²) in [4.78, 5) is 9.86. The van der Waals surface area contributed by atoms with Gasteiger partial charge in [0.25, 0.3) is 0 Å². The summed E-state index contributed by atoms with van der Waals surface area (Å²) in [6.45, 7) is 7.58. The van der Waals surface area contributed by atoms with Crippen LogP contribution >= 0.6 is 24.0 Å². The second-order valence-corrected chi connectivity index (χ2v) is 8.30. The number of methoxy groups -OCH3 is 1. The van der Waals surface area contributed by atoms with E-state index in [1.165, 1.54) is 31.4 Å². The predicted molar refractivity (Wildman–Crippen MR) is 139 cm³/mol. The molecule has 1 aromatic heterocycles. The molecule has 9 heteroatoms. The van der Waals surface area contributed by atoms with Gasteiger partial charge in [-0.2, -0.15) is 0 Å². The fourth-order valence-corrected chi connectivity index (χ4v) is 4.46. The van der Waals surface area contributed by atoms with Crippen molar-refractivity contribution < 1.29 is 4.74 Å². The zero-order chi connectivity index (χ0) is 21.5. The van der Waals surface area contributed by atoms with Gasteiger partial charge < -0.3 is 24.4 Å². The molecule has 176 valence electrons. The number of aryl methyl sites for hydroxylation is 1. The van der Waals surface area contributed by atoms with Crippen molar-refractivity contribution in [2.24, 2.45) is 4.99 Å². The topological polar surface area (TPSA) is 70.8 Å². The van der Waals surface area contributed by atoms with E-state index in [1.54, 1.807) is 7.11 Å². The van der Waals surface area contributed by atoms with Crippen molar-refractivity contribution >= 4 is 35.6 Å². The lowest BCUT2D eigenvalue weighted by molar-refractivity contribution is 0.365. The number of hydrogen-bond donors (Lipinski definition) is 1. The van der Waals surface area contributed by atoms with Gasteiger partial charge in [0.15, 0.2) is 5.96 Å². The molecule has 1 saturated heterocycles. The summed E-state index contributed by atoms with van der Waals surface area (Å²) in [7, 11) is 1.71. The van der Waals surface area contributed by atoms with Gasteiger partial charge in [-0.3, -0.25) is 4.99 Å². The third-order valence-electron chi connectivity index (χ3n) is 6.32. The van der Waals surface area contributed by atoms with Gasteiger partial charge in [0.2, 0.25) is 0 Å². The molecule has 32 heavy (non-hydrogen) atoms. The van der Waals surface area contributed by atoms with Crippen molar-refractivity contribution in [1.29, 1.82) is 0 Å². The predicted octanol–water partition coefficient (Wildman–Crippen LogP) is 3.18. The van der Waals surface area contributed by atoms with Crippen molar-refractivity contribution in [3.05, 3.63) is 36.4 Å². The lowest BCUT2D eigenvalue weighted by Crippen LogP contribution is -2.54. The van der Waals surface area contributed by atoms with Crippen molar-refractivity contribution in [2.75, 3.05) is 44.7 Å². The van der Waals surface area contributed by atoms with Crippen LogP contribution in [0.5, 0.6) is 5.75 Å². The fourth-order valence-electron chi connectivity index (χ4n) is 4.46. The Balaban J connectivity index is 0.00000289. The van der Waals surface area contributed by atoms with Gasteiger partial charge >= 0.3 is 0 Å². The van der Waals surface area contributed by atoms with Crippen molar-refractivity contribution in [2.45, 2.75) is 51.6 Å². The zero-order valence-electron chi connectivity index (χ0n) is 19.2. The third kappa shape index (κ3) is 6.26. The molecule has 8 nitrogen and oxygen atoms in total. The molecule has 1 N–H and O–H groups in total. The molecule has 1 aliphatic carbocycles. The van der Waals surface area contributed by atoms with Gasteiger partial charge in [-0.15, -0.1) is 34.2 Å². The van der Waals surface area contributed by atoms with E-state index in [1.807, 2.05) is 18.5 Å². The van der Waals surface area contributed by atoms with E-state index in [4.69, 9.17) is 9.73 Å². The summed E-state index contributed by atoms with van der Waals surface area (Å²) < 4.78 is 7.40. The molecule has 1 saturated carbocycles. The maximum atomic E-state index is 5.29. The second kappa shape index (κ2) is 12.3. The Hall–Kier alpha value is -2.04. The van der Waals surface area contributed by atoms with Crippen LogP contribution in [-0.4, -0.2) is 71.5 Å².